The molecule has 0 aliphatic carbocycles. The van der Waals surface area contributed by atoms with Gasteiger partial charge in [-0.25, -0.2) is 4.68 Å². The molecule has 3 rings (SSSR count). The van der Waals surface area contributed by atoms with E-state index in [-0.39, 0.29) is 11.9 Å². The Morgan fingerprint density at radius 3 is 2.77 bits per heavy atom. The van der Waals surface area contributed by atoms with E-state index in [4.69, 9.17) is 21.7 Å². The number of carbonyl (C=O) groups excluding carboxylic acids is 1. The molecule has 2 heterocycles. The fraction of sp³-hybridized carbons (Fsp3) is 0.529. The van der Waals surface area contributed by atoms with E-state index in [2.05, 4.69) is 15.3 Å². The van der Waals surface area contributed by atoms with Gasteiger partial charge in [0.15, 0.2) is 0 Å². The molecule has 0 spiro atoms. The standard InChI is InChI=1S/C17H23N5O3S/c1-3-25-16(23)13-5-4-10-20(11-13)12-21-17(26)22(19-18-21)14-6-8-15(24-2)9-7-14/h6-9,13H,3-5,10-12H2,1-2H3/t13-/m1/s1. The highest BCUT2D eigenvalue weighted by Gasteiger charge is 2.27. The zero-order chi connectivity index (χ0) is 18.5. The van der Waals surface area contributed by atoms with Gasteiger partial charge in [0, 0.05) is 6.54 Å². The number of methoxy groups -OCH3 is 1. The summed E-state index contributed by atoms with van der Waals surface area (Å²) in [6, 6.07) is 7.46. The molecule has 0 unspecified atom stereocenters. The van der Waals surface area contributed by atoms with Crippen LogP contribution in [0, 0.1) is 10.7 Å². The molecule has 0 bridgehead atoms. The van der Waals surface area contributed by atoms with Crippen LogP contribution in [0.3, 0.4) is 0 Å². The van der Waals surface area contributed by atoms with E-state index in [0.29, 0.717) is 24.6 Å². The highest BCUT2D eigenvalue weighted by atomic mass is 32.1. The van der Waals surface area contributed by atoms with Gasteiger partial charge in [-0.2, -0.15) is 4.68 Å². The van der Waals surface area contributed by atoms with Crippen molar-refractivity contribution in [3.63, 3.8) is 0 Å². The summed E-state index contributed by atoms with van der Waals surface area (Å²) in [6.07, 6.45) is 1.81. The van der Waals surface area contributed by atoms with Crippen molar-refractivity contribution in [3.8, 4) is 11.4 Å². The second-order valence-electron chi connectivity index (χ2n) is 6.18. The van der Waals surface area contributed by atoms with Crippen molar-refractivity contribution >= 4 is 18.2 Å². The minimum Gasteiger partial charge on any atom is -0.497 e. The van der Waals surface area contributed by atoms with Gasteiger partial charge in [0.25, 0.3) is 0 Å². The number of aromatic nitrogens is 4. The van der Waals surface area contributed by atoms with Crippen molar-refractivity contribution in [2.45, 2.75) is 26.4 Å². The Balaban J connectivity index is 1.69. The van der Waals surface area contributed by atoms with E-state index in [0.717, 1.165) is 30.8 Å². The Labute approximate surface area is 157 Å². The molecule has 0 amide bonds. The lowest BCUT2D eigenvalue weighted by Gasteiger charge is -2.30. The highest BCUT2D eigenvalue weighted by Crippen LogP contribution is 2.19. The Kier molecular flexibility index (Phi) is 6.00. The predicted octanol–water partition coefficient (Wildman–Crippen LogP) is 2.04. The quantitative estimate of drug-likeness (QED) is 0.563. The van der Waals surface area contributed by atoms with Gasteiger partial charge in [0.1, 0.15) is 5.75 Å². The maximum Gasteiger partial charge on any atom is 0.310 e. The molecule has 26 heavy (non-hydrogen) atoms. The maximum atomic E-state index is 12.0. The lowest BCUT2D eigenvalue weighted by Crippen LogP contribution is -2.40. The average Bonchev–Trinajstić information content (AvgIpc) is 3.03. The van der Waals surface area contributed by atoms with Gasteiger partial charge < -0.3 is 9.47 Å². The van der Waals surface area contributed by atoms with E-state index in [1.165, 1.54) is 0 Å². The van der Waals surface area contributed by atoms with Crippen molar-refractivity contribution < 1.29 is 14.3 Å². The maximum absolute atomic E-state index is 12.0. The van der Waals surface area contributed by atoms with E-state index in [1.54, 1.807) is 16.5 Å². The first-order valence-corrected chi connectivity index (χ1v) is 9.09. The molecule has 9 heteroatoms. The Morgan fingerprint density at radius 2 is 2.08 bits per heavy atom. The molecule has 0 N–H and O–H groups in total. The smallest absolute Gasteiger partial charge is 0.310 e. The number of piperidine rings is 1. The summed E-state index contributed by atoms with van der Waals surface area (Å²) < 4.78 is 14.1. The van der Waals surface area contributed by atoms with Crippen LogP contribution in [0.15, 0.2) is 24.3 Å². The minimum atomic E-state index is -0.123. The van der Waals surface area contributed by atoms with Crippen LogP contribution in [-0.2, 0) is 16.2 Å². The fourth-order valence-corrected chi connectivity index (χ4v) is 3.31. The van der Waals surface area contributed by atoms with Crippen molar-refractivity contribution in [2.24, 2.45) is 5.92 Å². The normalized spacial score (nSPS) is 17.8. The van der Waals surface area contributed by atoms with Crippen LogP contribution < -0.4 is 4.74 Å². The van der Waals surface area contributed by atoms with Crippen LogP contribution in [0.25, 0.3) is 5.69 Å². The molecular weight excluding hydrogens is 354 g/mol. The molecule has 1 atom stereocenters. The summed E-state index contributed by atoms with van der Waals surface area (Å²) in [7, 11) is 1.62. The molecule has 1 fully saturated rings. The number of benzene rings is 1. The van der Waals surface area contributed by atoms with Crippen molar-refractivity contribution in [3.05, 3.63) is 29.0 Å². The van der Waals surface area contributed by atoms with Gasteiger partial charge in [-0.3, -0.25) is 9.69 Å². The molecular formula is C17H23N5O3S. The Hall–Kier alpha value is -2.26. The number of hydrogen-bond acceptors (Lipinski definition) is 7. The van der Waals surface area contributed by atoms with E-state index >= 15 is 0 Å². The second-order valence-corrected chi connectivity index (χ2v) is 6.55. The van der Waals surface area contributed by atoms with Crippen LogP contribution in [0.5, 0.6) is 5.75 Å². The van der Waals surface area contributed by atoms with E-state index in [9.17, 15) is 4.79 Å². The molecule has 1 aromatic carbocycles. The number of likely N-dealkylation sites (tertiary alicyclic amines) is 1. The summed E-state index contributed by atoms with van der Waals surface area (Å²) in [5, 5.41) is 8.33. The van der Waals surface area contributed by atoms with Gasteiger partial charge >= 0.3 is 5.97 Å². The summed E-state index contributed by atoms with van der Waals surface area (Å²) in [6.45, 7) is 4.29. The third kappa shape index (κ3) is 4.10. The van der Waals surface area contributed by atoms with Crippen LogP contribution in [0.1, 0.15) is 19.8 Å². The predicted molar refractivity (Wildman–Crippen MR) is 97.7 cm³/mol. The van der Waals surface area contributed by atoms with Crippen LogP contribution in [0.4, 0.5) is 0 Å². The summed E-state index contributed by atoms with van der Waals surface area (Å²) in [4.78, 5) is 14.1. The highest BCUT2D eigenvalue weighted by molar-refractivity contribution is 7.71. The average molecular weight is 377 g/mol. The third-order valence-corrected chi connectivity index (χ3v) is 4.80. The van der Waals surface area contributed by atoms with Crippen LogP contribution >= 0.6 is 12.2 Å². The Morgan fingerprint density at radius 1 is 1.31 bits per heavy atom. The number of esters is 1. The molecule has 1 aliphatic rings. The summed E-state index contributed by atoms with van der Waals surface area (Å²) in [5.41, 5.74) is 0.824. The van der Waals surface area contributed by atoms with Crippen LogP contribution in [0.2, 0.25) is 0 Å². The molecule has 8 nitrogen and oxygen atoms in total. The molecule has 1 aromatic heterocycles. The Bertz CT molecular complexity index is 801. The molecule has 0 saturated carbocycles. The van der Waals surface area contributed by atoms with Crippen LogP contribution in [-0.4, -0.2) is 57.5 Å². The minimum absolute atomic E-state index is 0.0884. The van der Waals surface area contributed by atoms with Gasteiger partial charge in [-0.05, 0) is 73.2 Å². The first kappa shape index (κ1) is 18.5. The zero-order valence-corrected chi connectivity index (χ0v) is 15.8. The number of rotatable bonds is 6. The summed E-state index contributed by atoms with van der Waals surface area (Å²) in [5.74, 6) is 0.558. The molecule has 0 radical (unpaired) electrons. The van der Waals surface area contributed by atoms with E-state index in [1.807, 2.05) is 31.2 Å². The van der Waals surface area contributed by atoms with E-state index < -0.39 is 0 Å². The first-order valence-electron chi connectivity index (χ1n) is 8.68. The topological polar surface area (TPSA) is 74.4 Å². The molecule has 140 valence electrons. The number of tetrazole rings is 1. The number of carbonyl (C=O) groups is 1. The lowest BCUT2D eigenvalue weighted by molar-refractivity contribution is -0.150. The molecule has 1 saturated heterocycles. The SMILES string of the molecule is CCOC(=O)[C@@H]1CCCN(Cn2nnn(-c3ccc(OC)cc3)c2=S)C1. The van der Waals surface area contributed by atoms with Crippen molar-refractivity contribution in [1.29, 1.82) is 0 Å². The van der Waals surface area contributed by atoms with Crippen molar-refractivity contribution in [2.75, 3.05) is 26.8 Å². The third-order valence-electron chi connectivity index (χ3n) is 4.42. The lowest BCUT2D eigenvalue weighted by atomic mass is 9.99. The fourth-order valence-electron chi connectivity index (χ4n) is 3.07. The van der Waals surface area contributed by atoms with Gasteiger partial charge in [0.05, 0.1) is 32.0 Å². The number of ether oxygens (including phenoxy) is 2. The molecule has 2 aromatic rings. The monoisotopic (exact) mass is 377 g/mol. The van der Waals surface area contributed by atoms with Gasteiger partial charge in [0.2, 0.25) is 4.77 Å². The number of hydrogen-bond donors (Lipinski definition) is 0. The zero-order valence-electron chi connectivity index (χ0n) is 15.0. The first-order chi connectivity index (χ1) is 12.6. The largest absolute Gasteiger partial charge is 0.497 e. The molecule has 1 aliphatic heterocycles. The van der Waals surface area contributed by atoms with Crippen molar-refractivity contribution in [1.82, 2.24) is 24.7 Å². The van der Waals surface area contributed by atoms with Gasteiger partial charge in [-0.15, -0.1) is 0 Å². The second kappa shape index (κ2) is 8.41. The number of nitrogens with zero attached hydrogens (tertiary/aromatic N) is 5. The van der Waals surface area contributed by atoms with Gasteiger partial charge in [-0.1, -0.05) is 0 Å². The summed E-state index contributed by atoms with van der Waals surface area (Å²) >= 11 is 5.51.